The average Bonchev–Trinajstić information content (AvgIpc) is 2.88. The molecule has 0 aliphatic heterocycles. The second-order valence-corrected chi connectivity index (χ2v) is 8.10. The van der Waals surface area contributed by atoms with Crippen LogP contribution >= 0.6 is 0 Å². The quantitative estimate of drug-likeness (QED) is 0.156. The average molecular weight is 458 g/mol. The molecule has 0 saturated carbocycles. The van der Waals surface area contributed by atoms with E-state index in [9.17, 15) is 4.79 Å². The van der Waals surface area contributed by atoms with Crippen LogP contribution in [0.2, 0.25) is 0 Å². The molecule has 0 aliphatic rings. The molecule has 0 atom stereocenters. The van der Waals surface area contributed by atoms with E-state index in [0.29, 0.717) is 35.8 Å². The summed E-state index contributed by atoms with van der Waals surface area (Å²) in [4.78, 5) is 12.4. The zero-order chi connectivity index (χ0) is 24.0. The number of rotatable bonds is 13. The van der Waals surface area contributed by atoms with Crippen LogP contribution in [0.1, 0.15) is 66.9 Å². The molecule has 5 heteroatoms. The molecule has 0 N–H and O–H groups in total. The molecule has 0 aromatic heterocycles. The topological polar surface area (TPSA) is 68.6 Å². The van der Waals surface area contributed by atoms with Crippen LogP contribution in [-0.2, 0) is 6.61 Å². The van der Waals surface area contributed by atoms with Gasteiger partial charge < -0.3 is 14.2 Å². The summed E-state index contributed by atoms with van der Waals surface area (Å²) in [5.74, 6) is 1.46. The standard InChI is InChI=1S/C29H31NO4/c1-2-3-4-5-6-7-20-32-26-16-18-28(19-17-26)34-29(31)25-12-14-27(15-13-25)33-22-24-10-8-23(21-30)9-11-24/h8-19H,2-7,20,22H2,1H3. The van der Waals surface area contributed by atoms with E-state index >= 15 is 0 Å². The first-order chi connectivity index (χ1) is 16.7. The van der Waals surface area contributed by atoms with Crippen LogP contribution in [0, 0.1) is 11.3 Å². The third-order valence-corrected chi connectivity index (χ3v) is 5.38. The Hall–Kier alpha value is -3.78. The number of ether oxygens (including phenoxy) is 3. The number of esters is 1. The molecule has 5 nitrogen and oxygen atoms in total. The van der Waals surface area contributed by atoms with E-state index in [4.69, 9.17) is 19.5 Å². The highest BCUT2D eigenvalue weighted by atomic mass is 16.5. The Morgan fingerprint density at radius 2 is 1.32 bits per heavy atom. The van der Waals surface area contributed by atoms with Crippen LogP contribution in [0.3, 0.4) is 0 Å². The largest absolute Gasteiger partial charge is 0.494 e. The predicted octanol–water partition coefficient (Wildman–Crippen LogP) is 7.10. The van der Waals surface area contributed by atoms with Gasteiger partial charge in [0.25, 0.3) is 0 Å². The van der Waals surface area contributed by atoms with E-state index in [1.165, 1.54) is 32.1 Å². The van der Waals surface area contributed by atoms with Gasteiger partial charge in [0, 0.05) is 0 Å². The fraction of sp³-hybridized carbons (Fsp3) is 0.310. The number of carbonyl (C=O) groups is 1. The summed E-state index contributed by atoms with van der Waals surface area (Å²) in [6, 6.07) is 23.3. The van der Waals surface area contributed by atoms with Gasteiger partial charge in [-0.05, 0) is 72.6 Å². The normalized spacial score (nSPS) is 10.4. The second-order valence-electron chi connectivity index (χ2n) is 8.10. The molecule has 0 bridgehead atoms. The van der Waals surface area contributed by atoms with Crippen molar-refractivity contribution in [3.8, 4) is 23.3 Å². The first-order valence-corrected chi connectivity index (χ1v) is 11.8. The fourth-order valence-electron chi connectivity index (χ4n) is 3.37. The third kappa shape index (κ3) is 8.29. The first-order valence-electron chi connectivity index (χ1n) is 11.8. The SMILES string of the molecule is CCCCCCCCOc1ccc(OC(=O)c2ccc(OCc3ccc(C#N)cc3)cc2)cc1. The van der Waals surface area contributed by atoms with Gasteiger partial charge in [0.1, 0.15) is 23.9 Å². The van der Waals surface area contributed by atoms with Crippen LogP contribution in [0.15, 0.2) is 72.8 Å². The van der Waals surface area contributed by atoms with Crippen LogP contribution in [0.25, 0.3) is 0 Å². The highest BCUT2D eigenvalue weighted by Crippen LogP contribution is 2.20. The second kappa shape index (κ2) is 13.7. The van der Waals surface area contributed by atoms with Crippen molar-refractivity contribution >= 4 is 5.97 Å². The first kappa shape index (κ1) is 24.9. The van der Waals surface area contributed by atoms with Crippen molar-refractivity contribution in [2.75, 3.05) is 6.61 Å². The molecule has 0 spiro atoms. The van der Waals surface area contributed by atoms with Crippen molar-refractivity contribution in [3.63, 3.8) is 0 Å². The summed E-state index contributed by atoms with van der Waals surface area (Å²) in [6.07, 6.45) is 7.36. The summed E-state index contributed by atoms with van der Waals surface area (Å²) in [6.45, 7) is 3.30. The molecule has 0 radical (unpaired) electrons. The van der Waals surface area contributed by atoms with Gasteiger partial charge in [-0.3, -0.25) is 0 Å². The molecule has 0 heterocycles. The van der Waals surface area contributed by atoms with E-state index in [0.717, 1.165) is 17.7 Å². The Labute approximate surface area is 201 Å². The van der Waals surface area contributed by atoms with Crippen molar-refractivity contribution in [3.05, 3.63) is 89.5 Å². The number of nitriles is 1. The summed E-state index contributed by atoms with van der Waals surface area (Å²) >= 11 is 0. The van der Waals surface area contributed by atoms with Crippen LogP contribution in [-0.4, -0.2) is 12.6 Å². The highest BCUT2D eigenvalue weighted by Gasteiger charge is 2.09. The number of unbranched alkanes of at least 4 members (excludes halogenated alkanes) is 5. The van der Waals surface area contributed by atoms with Gasteiger partial charge in [0.2, 0.25) is 0 Å². The molecular weight excluding hydrogens is 426 g/mol. The van der Waals surface area contributed by atoms with E-state index in [-0.39, 0.29) is 0 Å². The number of hydrogen-bond donors (Lipinski definition) is 0. The Bertz CT molecular complexity index is 1050. The molecule has 0 amide bonds. The van der Waals surface area contributed by atoms with E-state index in [1.807, 2.05) is 24.3 Å². The molecule has 3 rings (SSSR count). The van der Waals surface area contributed by atoms with Gasteiger partial charge in [-0.2, -0.15) is 5.26 Å². The van der Waals surface area contributed by atoms with Crippen molar-refractivity contribution in [1.82, 2.24) is 0 Å². The molecule has 0 unspecified atom stereocenters. The van der Waals surface area contributed by atoms with Crippen LogP contribution < -0.4 is 14.2 Å². The molecule has 0 aliphatic carbocycles. The van der Waals surface area contributed by atoms with Crippen molar-refractivity contribution in [1.29, 1.82) is 5.26 Å². The number of carbonyl (C=O) groups excluding carboxylic acids is 1. The van der Waals surface area contributed by atoms with E-state index in [1.54, 1.807) is 48.5 Å². The van der Waals surface area contributed by atoms with Gasteiger partial charge in [0.15, 0.2) is 0 Å². The number of benzene rings is 3. The number of nitrogens with zero attached hydrogens (tertiary/aromatic N) is 1. The summed E-state index contributed by atoms with van der Waals surface area (Å²) in [7, 11) is 0. The Kier molecular flexibility index (Phi) is 10.0. The lowest BCUT2D eigenvalue weighted by atomic mass is 10.1. The van der Waals surface area contributed by atoms with Crippen molar-refractivity contribution in [2.24, 2.45) is 0 Å². The molecule has 3 aromatic carbocycles. The molecule has 34 heavy (non-hydrogen) atoms. The summed E-state index contributed by atoms with van der Waals surface area (Å²) in [5, 5.41) is 8.86. The lowest BCUT2D eigenvalue weighted by molar-refractivity contribution is 0.0734. The van der Waals surface area contributed by atoms with Gasteiger partial charge >= 0.3 is 5.97 Å². The Morgan fingerprint density at radius 1 is 0.735 bits per heavy atom. The molecule has 0 fully saturated rings. The summed E-state index contributed by atoms with van der Waals surface area (Å²) in [5.41, 5.74) is 2.01. The maximum absolute atomic E-state index is 12.4. The minimum absolute atomic E-state index is 0.378. The zero-order valence-electron chi connectivity index (χ0n) is 19.7. The molecule has 176 valence electrons. The van der Waals surface area contributed by atoms with Crippen molar-refractivity contribution in [2.45, 2.75) is 52.1 Å². The Balaban J connectivity index is 1.41. The maximum atomic E-state index is 12.4. The molecule has 0 saturated heterocycles. The third-order valence-electron chi connectivity index (χ3n) is 5.38. The van der Waals surface area contributed by atoms with Gasteiger partial charge in [-0.1, -0.05) is 51.2 Å². The van der Waals surface area contributed by atoms with Gasteiger partial charge in [-0.15, -0.1) is 0 Å². The monoisotopic (exact) mass is 457 g/mol. The molecular formula is C29H31NO4. The van der Waals surface area contributed by atoms with E-state index < -0.39 is 5.97 Å². The zero-order valence-corrected chi connectivity index (χ0v) is 19.7. The van der Waals surface area contributed by atoms with Crippen molar-refractivity contribution < 1.29 is 19.0 Å². The molecule has 3 aromatic rings. The maximum Gasteiger partial charge on any atom is 0.343 e. The number of hydrogen-bond acceptors (Lipinski definition) is 5. The predicted molar refractivity (Wildman–Crippen MR) is 132 cm³/mol. The van der Waals surface area contributed by atoms with E-state index in [2.05, 4.69) is 13.0 Å². The minimum atomic E-state index is -0.431. The lowest BCUT2D eigenvalue weighted by Crippen LogP contribution is -2.08. The minimum Gasteiger partial charge on any atom is -0.494 e. The lowest BCUT2D eigenvalue weighted by Gasteiger charge is -2.09. The fourth-order valence-corrected chi connectivity index (χ4v) is 3.37. The van der Waals surface area contributed by atoms with Crippen LogP contribution in [0.4, 0.5) is 0 Å². The Morgan fingerprint density at radius 3 is 2.00 bits per heavy atom. The summed E-state index contributed by atoms with van der Waals surface area (Å²) < 4.78 is 17.0. The van der Waals surface area contributed by atoms with Gasteiger partial charge in [0.05, 0.1) is 23.8 Å². The van der Waals surface area contributed by atoms with Crippen LogP contribution in [0.5, 0.6) is 17.2 Å². The highest BCUT2D eigenvalue weighted by molar-refractivity contribution is 5.91. The van der Waals surface area contributed by atoms with Gasteiger partial charge in [-0.25, -0.2) is 4.79 Å². The smallest absolute Gasteiger partial charge is 0.343 e.